The van der Waals surface area contributed by atoms with Crippen LogP contribution in [0, 0.1) is 0 Å². The van der Waals surface area contributed by atoms with Gasteiger partial charge in [0.25, 0.3) is 0 Å². The van der Waals surface area contributed by atoms with E-state index >= 15 is 0 Å². The van der Waals surface area contributed by atoms with Gasteiger partial charge >= 0.3 is 0 Å². The summed E-state index contributed by atoms with van der Waals surface area (Å²) in [6.07, 6.45) is 9.22. The van der Waals surface area contributed by atoms with Crippen LogP contribution in [-0.4, -0.2) is 42.9 Å². The minimum absolute atomic E-state index is 0.474. The van der Waals surface area contributed by atoms with Gasteiger partial charge in [-0.15, -0.1) is 11.3 Å². The van der Waals surface area contributed by atoms with Gasteiger partial charge in [-0.2, -0.15) is 5.10 Å². The van der Waals surface area contributed by atoms with Gasteiger partial charge in [-0.3, -0.25) is 0 Å². The molecule has 148 valence electrons. The predicted molar refractivity (Wildman–Crippen MR) is 109 cm³/mol. The van der Waals surface area contributed by atoms with Crippen LogP contribution in [0.1, 0.15) is 57.0 Å². The van der Waals surface area contributed by atoms with Gasteiger partial charge in [0.2, 0.25) is 0 Å². The van der Waals surface area contributed by atoms with E-state index in [9.17, 15) is 0 Å². The number of aryl methyl sites for hydroxylation is 1. The first-order chi connectivity index (χ1) is 13.8. The van der Waals surface area contributed by atoms with Crippen LogP contribution in [0.5, 0.6) is 0 Å². The fourth-order valence-corrected chi connectivity index (χ4v) is 4.70. The van der Waals surface area contributed by atoms with Crippen molar-refractivity contribution in [3.63, 3.8) is 0 Å². The molecule has 0 atom stereocenters. The van der Waals surface area contributed by atoms with E-state index in [1.165, 1.54) is 25.7 Å². The Kier molecular flexibility index (Phi) is 6.07. The molecule has 8 heteroatoms. The van der Waals surface area contributed by atoms with Gasteiger partial charge in [0, 0.05) is 24.9 Å². The van der Waals surface area contributed by atoms with Crippen LogP contribution in [0.4, 0.5) is 0 Å². The maximum atomic E-state index is 5.57. The topological polar surface area (TPSA) is 78.6 Å². The lowest BCUT2D eigenvalue weighted by Crippen LogP contribution is -2.09. The second-order valence-electron chi connectivity index (χ2n) is 6.92. The minimum Gasteiger partial charge on any atom is -0.380 e. The third-order valence-corrected chi connectivity index (χ3v) is 6.14. The molecule has 1 aliphatic rings. The Hall–Kier alpha value is -2.19. The summed E-state index contributed by atoms with van der Waals surface area (Å²) in [6, 6.07) is 1.82. The van der Waals surface area contributed by atoms with E-state index in [0.717, 1.165) is 33.6 Å². The van der Waals surface area contributed by atoms with E-state index < -0.39 is 0 Å². The minimum atomic E-state index is 0.474. The van der Waals surface area contributed by atoms with Crippen LogP contribution in [0.3, 0.4) is 0 Å². The van der Waals surface area contributed by atoms with Crippen molar-refractivity contribution in [3.8, 4) is 21.5 Å². The number of thiazole rings is 1. The van der Waals surface area contributed by atoms with Crippen molar-refractivity contribution in [1.29, 1.82) is 0 Å². The second-order valence-corrected chi connectivity index (χ2v) is 7.91. The Morgan fingerprint density at radius 1 is 1.14 bits per heavy atom. The van der Waals surface area contributed by atoms with Crippen LogP contribution in [0.15, 0.2) is 18.5 Å². The molecule has 0 aromatic carbocycles. The summed E-state index contributed by atoms with van der Waals surface area (Å²) in [5.74, 6) is 3.00. The van der Waals surface area contributed by atoms with E-state index in [0.29, 0.717) is 31.5 Å². The normalized spacial score (nSPS) is 14.8. The van der Waals surface area contributed by atoms with Crippen molar-refractivity contribution >= 4 is 11.3 Å². The standard InChI is InChI=1S/C20H26N6OS/c1-3-15-16(28-20(23-15)18-21-10-7-11-22-18)19-24-17(14-8-5-6-9-14)25-26(19)12-13-27-4-2/h7,10-11,14H,3-6,8-9,12-13H2,1-2H3. The zero-order valence-corrected chi connectivity index (χ0v) is 17.3. The number of hydrogen-bond donors (Lipinski definition) is 0. The molecule has 1 fully saturated rings. The number of nitrogens with zero attached hydrogens (tertiary/aromatic N) is 6. The molecule has 4 rings (SSSR count). The molecule has 3 aromatic heterocycles. The fourth-order valence-electron chi connectivity index (χ4n) is 3.61. The summed E-state index contributed by atoms with van der Waals surface area (Å²) in [5, 5.41) is 5.70. The van der Waals surface area contributed by atoms with Crippen LogP contribution < -0.4 is 0 Å². The lowest BCUT2D eigenvalue weighted by molar-refractivity contribution is 0.136. The number of rotatable bonds is 8. The van der Waals surface area contributed by atoms with Gasteiger partial charge in [-0.1, -0.05) is 19.8 Å². The van der Waals surface area contributed by atoms with Gasteiger partial charge < -0.3 is 4.74 Å². The largest absolute Gasteiger partial charge is 0.380 e. The number of hydrogen-bond acceptors (Lipinski definition) is 7. The van der Waals surface area contributed by atoms with Gasteiger partial charge in [-0.05, 0) is 32.3 Å². The summed E-state index contributed by atoms with van der Waals surface area (Å²) in [4.78, 5) is 19.6. The first kappa shape index (κ1) is 19.1. The molecule has 28 heavy (non-hydrogen) atoms. The highest BCUT2D eigenvalue weighted by molar-refractivity contribution is 7.18. The fraction of sp³-hybridized carbons (Fsp3) is 0.550. The lowest BCUT2D eigenvalue weighted by atomic mass is 10.1. The highest BCUT2D eigenvalue weighted by atomic mass is 32.1. The highest BCUT2D eigenvalue weighted by Crippen LogP contribution is 2.37. The first-order valence-electron chi connectivity index (χ1n) is 10.1. The van der Waals surface area contributed by atoms with Crippen LogP contribution >= 0.6 is 11.3 Å². The van der Waals surface area contributed by atoms with E-state index in [1.807, 2.05) is 17.7 Å². The molecule has 0 amide bonds. The van der Waals surface area contributed by atoms with E-state index in [-0.39, 0.29) is 0 Å². The van der Waals surface area contributed by atoms with Gasteiger partial charge in [-0.25, -0.2) is 24.6 Å². The average Bonchev–Trinajstić information content (AvgIpc) is 3.47. The molecule has 0 saturated heterocycles. The third-order valence-electron chi connectivity index (χ3n) is 5.05. The van der Waals surface area contributed by atoms with Crippen molar-refractivity contribution in [1.82, 2.24) is 29.7 Å². The maximum absolute atomic E-state index is 5.57. The van der Waals surface area contributed by atoms with Crippen LogP contribution in [0.2, 0.25) is 0 Å². The van der Waals surface area contributed by atoms with Crippen molar-refractivity contribution < 1.29 is 4.74 Å². The summed E-state index contributed by atoms with van der Waals surface area (Å²) in [7, 11) is 0. The van der Waals surface area contributed by atoms with E-state index in [4.69, 9.17) is 19.8 Å². The zero-order valence-electron chi connectivity index (χ0n) is 16.5. The Morgan fingerprint density at radius 2 is 1.93 bits per heavy atom. The summed E-state index contributed by atoms with van der Waals surface area (Å²) >= 11 is 1.60. The Morgan fingerprint density at radius 3 is 2.64 bits per heavy atom. The Bertz CT molecular complexity index is 901. The Labute approximate surface area is 169 Å². The monoisotopic (exact) mass is 398 g/mol. The second kappa shape index (κ2) is 8.87. The number of aromatic nitrogens is 6. The molecule has 1 saturated carbocycles. The molecule has 0 radical (unpaired) electrons. The molecule has 0 aliphatic heterocycles. The molecule has 7 nitrogen and oxygen atoms in total. The summed E-state index contributed by atoms with van der Waals surface area (Å²) in [5.41, 5.74) is 1.02. The van der Waals surface area contributed by atoms with E-state index in [2.05, 4.69) is 16.9 Å². The molecule has 0 bridgehead atoms. The van der Waals surface area contributed by atoms with Gasteiger partial charge in [0.15, 0.2) is 22.5 Å². The van der Waals surface area contributed by atoms with E-state index in [1.54, 1.807) is 23.7 Å². The molecular formula is C20H26N6OS. The van der Waals surface area contributed by atoms with Crippen molar-refractivity contribution in [3.05, 3.63) is 30.0 Å². The molecule has 0 N–H and O–H groups in total. The quantitative estimate of drug-likeness (QED) is 0.531. The summed E-state index contributed by atoms with van der Waals surface area (Å²) in [6.45, 7) is 6.16. The van der Waals surface area contributed by atoms with Crippen LogP contribution in [0.25, 0.3) is 21.5 Å². The SMILES string of the molecule is CCOCCn1nc(C2CCCC2)nc1-c1sc(-c2ncccn2)nc1CC. The molecule has 0 unspecified atom stereocenters. The third kappa shape index (κ3) is 3.98. The van der Waals surface area contributed by atoms with Gasteiger partial charge in [0.1, 0.15) is 0 Å². The van der Waals surface area contributed by atoms with Gasteiger partial charge in [0.05, 0.1) is 23.7 Å². The average molecular weight is 399 g/mol. The molecule has 3 heterocycles. The number of ether oxygens (including phenoxy) is 1. The Balaban J connectivity index is 1.73. The first-order valence-corrected chi connectivity index (χ1v) is 10.9. The lowest BCUT2D eigenvalue weighted by Gasteiger charge is -2.05. The van der Waals surface area contributed by atoms with Crippen molar-refractivity contribution in [2.24, 2.45) is 0 Å². The molecule has 1 aliphatic carbocycles. The summed E-state index contributed by atoms with van der Waals surface area (Å²) < 4.78 is 7.58. The molecule has 0 spiro atoms. The zero-order chi connectivity index (χ0) is 19.3. The molecular weight excluding hydrogens is 372 g/mol. The van der Waals surface area contributed by atoms with Crippen molar-refractivity contribution in [2.75, 3.05) is 13.2 Å². The highest BCUT2D eigenvalue weighted by Gasteiger charge is 2.26. The predicted octanol–water partition coefficient (Wildman–Crippen LogP) is 4.12. The smallest absolute Gasteiger partial charge is 0.188 e. The maximum Gasteiger partial charge on any atom is 0.188 e. The van der Waals surface area contributed by atoms with Crippen LogP contribution in [-0.2, 0) is 17.7 Å². The molecule has 3 aromatic rings. The van der Waals surface area contributed by atoms with Crippen molar-refractivity contribution in [2.45, 2.75) is 58.4 Å².